The highest BCUT2D eigenvalue weighted by Gasteiger charge is 2.60. The van der Waals surface area contributed by atoms with E-state index in [0.717, 1.165) is 55.3 Å². The summed E-state index contributed by atoms with van der Waals surface area (Å²) in [5.41, 5.74) is 0.175. The highest BCUT2D eigenvalue weighted by atomic mass is 16.3. The molecule has 0 aromatic rings. The maximum Gasteiger partial charge on any atom is 0.0648 e. The summed E-state index contributed by atoms with van der Waals surface area (Å²) < 4.78 is 0. The van der Waals surface area contributed by atoms with E-state index in [9.17, 15) is 10.2 Å². The van der Waals surface area contributed by atoms with E-state index in [1.807, 2.05) is 13.8 Å². The van der Waals surface area contributed by atoms with Crippen molar-refractivity contribution in [3.63, 3.8) is 0 Å². The van der Waals surface area contributed by atoms with E-state index in [4.69, 9.17) is 0 Å². The Balaban J connectivity index is 1.41. The molecule has 2 N–H and O–H groups in total. The van der Waals surface area contributed by atoms with Crippen LogP contribution in [-0.2, 0) is 0 Å². The summed E-state index contributed by atoms with van der Waals surface area (Å²) in [4.78, 5) is 0. The topological polar surface area (TPSA) is 40.5 Å². The SMILES string of the molecule is CC[C@]1(O)CCC2(C)C3CCC4(C)C(CCCCC(C)(C)O)CCC4C3CC[C@H]2C1. The fourth-order valence-corrected chi connectivity index (χ4v) is 9.17. The third kappa shape index (κ3) is 4.02. The number of rotatable bonds is 6. The number of fused-ring (bicyclic) bond motifs is 5. The van der Waals surface area contributed by atoms with Gasteiger partial charge in [-0.2, -0.15) is 0 Å². The lowest BCUT2D eigenvalue weighted by molar-refractivity contribution is -0.151. The Morgan fingerprint density at radius 2 is 1.60 bits per heavy atom. The van der Waals surface area contributed by atoms with Crippen LogP contribution in [0.15, 0.2) is 0 Å². The highest BCUT2D eigenvalue weighted by Crippen LogP contribution is 2.68. The van der Waals surface area contributed by atoms with Crippen LogP contribution in [0, 0.1) is 40.4 Å². The maximum atomic E-state index is 11.0. The van der Waals surface area contributed by atoms with Gasteiger partial charge in [-0.05, 0) is 131 Å². The Morgan fingerprint density at radius 1 is 0.867 bits per heavy atom. The van der Waals surface area contributed by atoms with Gasteiger partial charge in [0.2, 0.25) is 0 Å². The first-order chi connectivity index (χ1) is 14.0. The van der Waals surface area contributed by atoms with Gasteiger partial charge in [0.1, 0.15) is 0 Å². The van der Waals surface area contributed by atoms with Crippen molar-refractivity contribution in [2.75, 3.05) is 0 Å². The van der Waals surface area contributed by atoms with E-state index >= 15 is 0 Å². The lowest BCUT2D eigenvalue weighted by Crippen LogP contribution is -2.55. The van der Waals surface area contributed by atoms with E-state index in [2.05, 4.69) is 20.8 Å². The van der Waals surface area contributed by atoms with Crippen LogP contribution in [0.25, 0.3) is 0 Å². The minimum Gasteiger partial charge on any atom is -0.390 e. The first-order valence-electron chi connectivity index (χ1n) is 13.5. The van der Waals surface area contributed by atoms with Crippen LogP contribution in [0.4, 0.5) is 0 Å². The van der Waals surface area contributed by atoms with Crippen molar-refractivity contribution in [1.82, 2.24) is 0 Å². The van der Waals surface area contributed by atoms with Crippen molar-refractivity contribution >= 4 is 0 Å². The molecule has 0 spiro atoms. The normalized spacial score (nSPS) is 48.7. The first kappa shape index (κ1) is 23.1. The average Bonchev–Trinajstić information content (AvgIpc) is 3.02. The monoisotopic (exact) mass is 418 g/mol. The predicted octanol–water partition coefficient (Wildman–Crippen LogP) is 7.12. The lowest BCUT2D eigenvalue weighted by atomic mass is 9.43. The second kappa shape index (κ2) is 8.05. The molecule has 4 saturated carbocycles. The van der Waals surface area contributed by atoms with Crippen LogP contribution in [0.2, 0.25) is 0 Å². The molecule has 0 amide bonds. The summed E-state index contributed by atoms with van der Waals surface area (Å²) in [6.07, 6.45) is 17.7. The van der Waals surface area contributed by atoms with Crippen molar-refractivity contribution in [3.05, 3.63) is 0 Å². The molecule has 8 atom stereocenters. The molecule has 0 aromatic carbocycles. The molecule has 4 aliphatic rings. The van der Waals surface area contributed by atoms with Crippen LogP contribution in [0.1, 0.15) is 125 Å². The molecule has 0 saturated heterocycles. The van der Waals surface area contributed by atoms with Crippen molar-refractivity contribution < 1.29 is 10.2 Å². The van der Waals surface area contributed by atoms with Crippen LogP contribution in [-0.4, -0.2) is 21.4 Å². The van der Waals surface area contributed by atoms with E-state index < -0.39 is 5.60 Å². The fourth-order valence-electron chi connectivity index (χ4n) is 9.17. The summed E-state index contributed by atoms with van der Waals surface area (Å²) in [6.45, 7) is 11.4. The van der Waals surface area contributed by atoms with Gasteiger partial charge < -0.3 is 10.2 Å². The number of unbranched alkanes of at least 4 members (excludes halogenated alkanes) is 1. The van der Waals surface area contributed by atoms with Crippen molar-refractivity contribution in [2.24, 2.45) is 40.4 Å². The zero-order valence-electron chi connectivity index (χ0n) is 20.7. The van der Waals surface area contributed by atoms with Gasteiger partial charge in [0.25, 0.3) is 0 Å². The van der Waals surface area contributed by atoms with Gasteiger partial charge >= 0.3 is 0 Å². The molecule has 2 heteroatoms. The Hall–Kier alpha value is -0.0800. The van der Waals surface area contributed by atoms with Crippen LogP contribution < -0.4 is 0 Å². The van der Waals surface area contributed by atoms with Crippen LogP contribution >= 0.6 is 0 Å². The van der Waals surface area contributed by atoms with Gasteiger partial charge in [-0.3, -0.25) is 0 Å². The standard InChI is InChI=1S/C28H50O2/c1-6-28(30)18-17-27(5)21(19-28)10-12-22-23-13-11-20(9-7-8-15-25(2,3)29)26(23,4)16-14-24(22)27/h20-24,29-30H,6-19H2,1-5H3/t20?,21-,22?,23?,24?,26?,27?,28-/m0/s1. The largest absolute Gasteiger partial charge is 0.390 e. The molecule has 0 aromatic heterocycles. The molecule has 174 valence electrons. The van der Waals surface area contributed by atoms with Gasteiger partial charge in [-0.15, -0.1) is 0 Å². The van der Waals surface area contributed by atoms with Gasteiger partial charge in [-0.25, -0.2) is 0 Å². The molecule has 0 heterocycles. The minimum absolute atomic E-state index is 0.373. The van der Waals surface area contributed by atoms with E-state index in [-0.39, 0.29) is 5.60 Å². The highest BCUT2D eigenvalue weighted by molar-refractivity contribution is 5.10. The third-order valence-electron chi connectivity index (χ3n) is 11.3. The minimum atomic E-state index is -0.502. The Kier molecular flexibility index (Phi) is 6.20. The molecule has 0 bridgehead atoms. The summed E-state index contributed by atoms with van der Waals surface area (Å²) in [5.74, 6) is 4.46. The Bertz CT molecular complexity index is 608. The van der Waals surface area contributed by atoms with Crippen molar-refractivity contribution in [2.45, 2.75) is 136 Å². The first-order valence-corrected chi connectivity index (χ1v) is 13.5. The fraction of sp³-hybridized carbons (Fsp3) is 1.00. The van der Waals surface area contributed by atoms with Crippen molar-refractivity contribution in [3.8, 4) is 0 Å². The molecule has 2 nitrogen and oxygen atoms in total. The van der Waals surface area contributed by atoms with Gasteiger partial charge in [0, 0.05) is 0 Å². The predicted molar refractivity (Wildman–Crippen MR) is 125 cm³/mol. The van der Waals surface area contributed by atoms with E-state index in [0.29, 0.717) is 10.8 Å². The Morgan fingerprint density at radius 3 is 2.30 bits per heavy atom. The van der Waals surface area contributed by atoms with Crippen molar-refractivity contribution in [1.29, 1.82) is 0 Å². The summed E-state index contributed by atoms with van der Waals surface area (Å²) in [6, 6.07) is 0. The summed E-state index contributed by atoms with van der Waals surface area (Å²) >= 11 is 0. The molecule has 30 heavy (non-hydrogen) atoms. The Labute approximate surface area is 186 Å². The van der Waals surface area contributed by atoms with E-state index in [1.54, 1.807) is 0 Å². The molecule has 4 fully saturated rings. The molecule has 4 rings (SSSR count). The second-order valence-electron chi connectivity index (χ2n) is 13.3. The molecule has 6 unspecified atom stereocenters. The lowest BCUT2D eigenvalue weighted by Gasteiger charge is -2.62. The third-order valence-corrected chi connectivity index (χ3v) is 11.3. The molecule has 0 radical (unpaired) electrons. The second-order valence-corrected chi connectivity index (χ2v) is 13.3. The number of aliphatic hydroxyl groups is 2. The molecular formula is C28H50O2. The quantitative estimate of drug-likeness (QED) is 0.451. The maximum absolute atomic E-state index is 11.0. The van der Waals surface area contributed by atoms with E-state index in [1.165, 1.54) is 64.2 Å². The smallest absolute Gasteiger partial charge is 0.0648 e. The van der Waals surface area contributed by atoms with Crippen LogP contribution in [0.5, 0.6) is 0 Å². The van der Waals surface area contributed by atoms with Crippen LogP contribution in [0.3, 0.4) is 0 Å². The zero-order chi connectivity index (χ0) is 21.8. The zero-order valence-corrected chi connectivity index (χ0v) is 20.7. The summed E-state index contributed by atoms with van der Waals surface area (Å²) in [7, 11) is 0. The molecule has 4 aliphatic carbocycles. The number of hydrogen-bond donors (Lipinski definition) is 2. The molecule has 0 aliphatic heterocycles. The molecular weight excluding hydrogens is 368 g/mol. The van der Waals surface area contributed by atoms with Gasteiger partial charge in [0.15, 0.2) is 0 Å². The average molecular weight is 419 g/mol. The van der Waals surface area contributed by atoms with Gasteiger partial charge in [-0.1, -0.05) is 33.6 Å². The summed E-state index contributed by atoms with van der Waals surface area (Å²) in [5, 5.41) is 21.0. The van der Waals surface area contributed by atoms with Gasteiger partial charge in [0.05, 0.1) is 11.2 Å². The number of hydrogen-bond acceptors (Lipinski definition) is 2.